The lowest BCUT2D eigenvalue weighted by molar-refractivity contribution is -0.384. The summed E-state index contributed by atoms with van der Waals surface area (Å²) in [7, 11) is 0. The Morgan fingerprint density at radius 2 is 1.75 bits per heavy atom. The van der Waals surface area contributed by atoms with Gasteiger partial charge in [0, 0.05) is 42.5 Å². The number of nitrogens with one attached hydrogen (secondary N) is 1. The number of hydrogen-bond acceptors (Lipinski definition) is 5. The number of non-ortho nitro benzene ring substituents is 1. The minimum Gasteiger partial charge on any atom is -0.369 e. The third-order valence-electron chi connectivity index (χ3n) is 7.94. The van der Waals surface area contributed by atoms with E-state index < -0.39 is 16.7 Å². The largest absolute Gasteiger partial charge is 0.369 e. The first-order valence-electron chi connectivity index (χ1n) is 14.0. The molecule has 40 heavy (non-hydrogen) atoms. The molecule has 9 nitrogen and oxygen atoms in total. The molecule has 0 aliphatic carbocycles. The van der Waals surface area contributed by atoms with Crippen LogP contribution in [0.25, 0.3) is 0 Å². The predicted molar refractivity (Wildman–Crippen MR) is 155 cm³/mol. The van der Waals surface area contributed by atoms with Gasteiger partial charge in [-0.05, 0) is 62.7 Å². The molecule has 0 radical (unpaired) electrons. The number of rotatable bonds is 10. The fraction of sp³-hybridized carbons (Fsp3) is 0.419. The van der Waals surface area contributed by atoms with Crippen molar-refractivity contribution < 1.29 is 14.5 Å². The standard InChI is InChI=1S/C31H39N5O4/c1-3-28-19-26(25-9-11-29(12-10-25)36(39)40)17-22(2)35(28)31(38)33-20-27(30(32)37)21-34-15-13-24(14-16-34)18-23-7-5-4-6-8-23/h4-12,17,19,24,26-27H,3,13-16,18,20-21H2,1-2H3,(H2,32,37)(H,33,38). The number of allylic oxidation sites excluding steroid dienone is 4. The Labute approximate surface area is 235 Å². The van der Waals surface area contributed by atoms with Crippen molar-refractivity contribution >= 4 is 17.6 Å². The van der Waals surface area contributed by atoms with Crippen molar-refractivity contribution in [3.8, 4) is 0 Å². The molecule has 3 amide bonds. The predicted octanol–water partition coefficient (Wildman–Crippen LogP) is 4.96. The molecule has 9 heteroatoms. The molecule has 0 saturated carbocycles. The molecular formula is C31H39N5O4. The molecule has 2 heterocycles. The number of nitro benzene ring substituents is 1. The van der Waals surface area contributed by atoms with Gasteiger partial charge in [-0.1, -0.05) is 61.5 Å². The first-order chi connectivity index (χ1) is 19.2. The molecule has 2 aromatic carbocycles. The topological polar surface area (TPSA) is 122 Å². The van der Waals surface area contributed by atoms with Crippen molar-refractivity contribution in [3.05, 3.63) is 99.4 Å². The van der Waals surface area contributed by atoms with E-state index in [1.165, 1.54) is 17.7 Å². The van der Waals surface area contributed by atoms with Gasteiger partial charge in [0.1, 0.15) is 0 Å². The summed E-state index contributed by atoms with van der Waals surface area (Å²) in [6, 6.07) is 16.7. The normalized spacial score (nSPS) is 18.9. The summed E-state index contributed by atoms with van der Waals surface area (Å²) in [4.78, 5) is 40.0. The average molecular weight is 546 g/mol. The fourth-order valence-corrected chi connectivity index (χ4v) is 5.65. The van der Waals surface area contributed by atoms with Crippen molar-refractivity contribution in [3.63, 3.8) is 0 Å². The maximum Gasteiger partial charge on any atom is 0.325 e. The van der Waals surface area contributed by atoms with Crippen LogP contribution in [0.4, 0.5) is 10.5 Å². The Morgan fingerprint density at radius 3 is 2.35 bits per heavy atom. The molecule has 2 aliphatic rings. The average Bonchev–Trinajstić information content (AvgIpc) is 2.96. The lowest BCUT2D eigenvalue weighted by atomic mass is 9.90. The second-order valence-electron chi connectivity index (χ2n) is 10.7. The van der Waals surface area contributed by atoms with Crippen LogP contribution in [0.15, 0.2) is 78.1 Å². The van der Waals surface area contributed by atoms with Gasteiger partial charge in [-0.15, -0.1) is 0 Å². The number of piperidine rings is 1. The van der Waals surface area contributed by atoms with Gasteiger partial charge in [-0.3, -0.25) is 19.8 Å². The number of nitrogens with two attached hydrogens (primary N) is 1. The Kier molecular flexibility index (Phi) is 9.71. The van der Waals surface area contributed by atoms with E-state index in [2.05, 4.69) is 34.5 Å². The van der Waals surface area contributed by atoms with Crippen molar-refractivity contribution in [1.29, 1.82) is 0 Å². The van der Waals surface area contributed by atoms with E-state index >= 15 is 0 Å². The number of benzene rings is 2. The van der Waals surface area contributed by atoms with E-state index in [0.717, 1.165) is 49.3 Å². The Hall–Kier alpha value is -3.98. The molecule has 2 atom stereocenters. The summed E-state index contributed by atoms with van der Waals surface area (Å²) in [5, 5.41) is 13.9. The number of nitro groups is 1. The number of amides is 3. The molecule has 1 saturated heterocycles. The van der Waals surface area contributed by atoms with Crippen LogP contribution in [0.1, 0.15) is 50.2 Å². The molecule has 0 bridgehead atoms. The molecule has 2 aliphatic heterocycles. The summed E-state index contributed by atoms with van der Waals surface area (Å²) < 4.78 is 0. The van der Waals surface area contributed by atoms with E-state index in [1.807, 2.05) is 32.1 Å². The van der Waals surface area contributed by atoms with Crippen LogP contribution in [-0.4, -0.2) is 52.8 Å². The summed E-state index contributed by atoms with van der Waals surface area (Å²) in [6.45, 7) is 6.37. The highest BCUT2D eigenvalue weighted by Crippen LogP contribution is 2.32. The summed E-state index contributed by atoms with van der Waals surface area (Å²) in [5.41, 5.74) is 9.65. The van der Waals surface area contributed by atoms with Gasteiger partial charge >= 0.3 is 6.03 Å². The minimum absolute atomic E-state index is 0.0431. The first-order valence-corrected chi connectivity index (χ1v) is 14.0. The van der Waals surface area contributed by atoms with Gasteiger partial charge in [0.15, 0.2) is 0 Å². The number of urea groups is 1. The molecule has 212 valence electrons. The second kappa shape index (κ2) is 13.4. The molecular weight excluding hydrogens is 506 g/mol. The number of carbonyl (C=O) groups excluding carboxylic acids is 2. The van der Waals surface area contributed by atoms with E-state index in [9.17, 15) is 19.7 Å². The van der Waals surface area contributed by atoms with Crippen LogP contribution in [0.5, 0.6) is 0 Å². The van der Waals surface area contributed by atoms with Crippen LogP contribution in [-0.2, 0) is 11.2 Å². The van der Waals surface area contributed by atoms with Crippen molar-refractivity contribution in [2.24, 2.45) is 17.6 Å². The van der Waals surface area contributed by atoms with Gasteiger partial charge in [-0.25, -0.2) is 4.79 Å². The smallest absolute Gasteiger partial charge is 0.325 e. The SMILES string of the molecule is CCC1=CC(c2ccc([N+](=O)[O-])cc2)C=C(C)N1C(=O)NCC(CN1CCC(Cc2ccccc2)CC1)C(N)=O. The summed E-state index contributed by atoms with van der Waals surface area (Å²) in [5.74, 6) is -0.357. The number of likely N-dealkylation sites (tertiary alicyclic amines) is 1. The molecule has 4 rings (SSSR count). The van der Waals surface area contributed by atoms with Crippen molar-refractivity contribution in [2.45, 2.75) is 45.4 Å². The zero-order valence-electron chi connectivity index (χ0n) is 23.3. The number of primary amides is 1. The van der Waals surface area contributed by atoms with E-state index in [-0.39, 0.29) is 24.2 Å². The quantitative estimate of drug-likeness (QED) is 0.323. The van der Waals surface area contributed by atoms with Gasteiger partial charge < -0.3 is 16.0 Å². The molecule has 0 aromatic heterocycles. The first kappa shape index (κ1) is 29.0. The third-order valence-corrected chi connectivity index (χ3v) is 7.94. The lowest BCUT2D eigenvalue weighted by Gasteiger charge is -2.34. The number of carbonyl (C=O) groups is 2. The summed E-state index contributed by atoms with van der Waals surface area (Å²) in [6.07, 6.45) is 7.81. The zero-order chi connectivity index (χ0) is 28.6. The van der Waals surface area contributed by atoms with Crippen LogP contribution in [0, 0.1) is 22.0 Å². The van der Waals surface area contributed by atoms with Crippen LogP contribution < -0.4 is 11.1 Å². The third kappa shape index (κ3) is 7.35. The molecule has 1 fully saturated rings. The monoisotopic (exact) mass is 545 g/mol. The van der Waals surface area contributed by atoms with E-state index in [1.54, 1.807) is 17.0 Å². The maximum absolute atomic E-state index is 13.3. The highest BCUT2D eigenvalue weighted by molar-refractivity contribution is 5.81. The molecule has 3 N–H and O–H groups in total. The summed E-state index contributed by atoms with van der Waals surface area (Å²) >= 11 is 0. The lowest BCUT2D eigenvalue weighted by Crippen LogP contribution is -2.47. The Balaban J connectivity index is 1.32. The highest BCUT2D eigenvalue weighted by Gasteiger charge is 2.28. The van der Waals surface area contributed by atoms with Gasteiger partial charge in [-0.2, -0.15) is 0 Å². The zero-order valence-corrected chi connectivity index (χ0v) is 23.3. The molecule has 2 unspecified atom stereocenters. The van der Waals surface area contributed by atoms with Crippen molar-refractivity contribution in [1.82, 2.24) is 15.1 Å². The van der Waals surface area contributed by atoms with Gasteiger partial charge in [0.2, 0.25) is 5.91 Å². The van der Waals surface area contributed by atoms with Crippen molar-refractivity contribution in [2.75, 3.05) is 26.2 Å². The van der Waals surface area contributed by atoms with Crippen LogP contribution in [0.3, 0.4) is 0 Å². The molecule has 0 spiro atoms. The van der Waals surface area contributed by atoms with Crippen LogP contribution >= 0.6 is 0 Å². The van der Waals surface area contributed by atoms with E-state index in [4.69, 9.17) is 5.73 Å². The fourth-order valence-electron chi connectivity index (χ4n) is 5.65. The maximum atomic E-state index is 13.3. The van der Waals surface area contributed by atoms with E-state index in [0.29, 0.717) is 18.9 Å². The Morgan fingerprint density at radius 1 is 1.07 bits per heavy atom. The van der Waals surface area contributed by atoms with Gasteiger partial charge in [0.05, 0.1) is 10.8 Å². The Bertz CT molecular complexity index is 1250. The highest BCUT2D eigenvalue weighted by atomic mass is 16.6. The van der Waals surface area contributed by atoms with Crippen LogP contribution in [0.2, 0.25) is 0 Å². The number of nitrogens with zero attached hydrogens (tertiary/aromatic N) is 3. The van der Waals surface area contributed by atoms with Gasteiger partial charge in [0.25, 0.3) is 5.69 Å². The minimum atomic E-state index is -0.481. The number of hydrogen-bond donors (Lipinski definition) is 2. The second-order valence-corrected chi connectivity index (χ2v) is 10.7. The molecule has 2 aromatic rings.